The van der Waals surface area contributed by atoms with E-state index in [0.717, 1.165) is 11.3 Å². The van der Waals surface area contributed by atoms with E-state index in [-0.39, 0.29) is 40.8 Å². The molecule has 1 aromatic carbocycles. The third-order valence-corrected chi connectivity index (χ3v) is 4.12. The van der Waals surface area contributed by atoms with Crippen LogP contribution in [0, 0.1) is 0 Å². The van der Waals surface area contributed by atoms with Crippen LogP contribution in [0.5, 0.6) is 0 Å². The van der Waals surface area contributed by atoms with Crippen molar-refractivity contribution in [3.8, 4) is 0 Å². The Balaban J connectivity index is 0.00000576. The maximum atomic E-state index is 12.4. The number of rotatable bonds is 7. The highest BCUT2D eigenvalue weighted by molar-refractivity contribution is 14.0. The molecular formula is C18H29IN2O3S. The molecule has 0 radical (unpaired) electrons. The summed E-state index contributed by atoms with van der Waals surface area (Å²) in [6.45, 7) is 5.76. The van der Waals surface area contributed by atoms with Gasteiger partial charge in [0.2, 0.25) is 5.91 Å². The average Bonchev–Trinajstić information content (AvgIpc) is 2.48. The van der Waals surface area contributed by atoms with Gasteiger partial charge in [0, 0.05) is 18.6 Å². The van der Waals surface area contributed by atoms with Gasteiger partial charge in [-0.25, -0.2) is 0 Å². The molecule has 1 unspecified atom stereocenters. The van der Waals surface area contributed by atoms with Crippen LogP contribution in [0.15, 0.2) is 35.3 Å². The zero-order chi connectivity index (χ0) is 18.2. The average molecular weight is 480 g/mol. The fourth-order valence-corrected chi connectivity index (χ4v) is 2.61. The lowest BCUT2D eigenvalue weighted by Gasteiger charge is -2.30. The fourth-order valence-electron chi connectivity index (χ4n) is 1.92. The highest BCUT2D eigenvalue weighted by atomic mass is 127. The summed E-state index contributed by atoms with van der Waals surface area (Å²) in [6.07, 6.45) is 4.06. The third-order valence-electron chi connectivity index (χ3n) is 3.07. The molecule has 0 aliphatic rings. The molecule has 7 heteroatoms. The number of nitrogens with one attached hydrogen (secondary N) is 1. The van der Waals surface area contributed by atoms with Crippen LogP contribution in [0.1, 0.15) is 32.8 Å². The lowest BCUT2D eigenvalue weighted by molar-refractivity contribution is -0.260. The van der Waals surface area contributed by atoms with Gasteiger partial charge in [-0.15, -0.1) is 24.0 Å². The number of hydrogen-bond acceptors (Lipinski definition) is 4. The summed E-state index contributed by atoms with van der Waals surface area (Å²) in [5.41, 5.74) is 0.387. The van der Waals surface area contributed by atoms with Crippen molar-refractivity contribution in [3.63, 3.8) is 0 Å². The van der Waals surface area contributed by atoms with Crippen LogP contribution < -0.4 is 10.4 Å². The minimum absolute atomic E-state index is 0. The van der Waals surface area contributed by atoms with Crippen molar-refractivity contribution in [2.75, 3.05) is 18.3 Å². The number of nitrogens with zero attached hydrogens (tertiary/aromatic N) is 1. The topological polar surface area (TPSA) is 73.8 Å². The zero-order valence-corrected chi connectivity index (χ0v) is 18.7. The number of ether oxygens (including phenoxy) is 1. The SMILES string of the molecule is C[S+](C)CCC(N=C([O-])OC(C)(C)C)C(=O)NCc1ccccc1.I. The van der Waals surface area contributed by atoms with E-state index < -0.39 is 17.7 Å². The Labute approximate surface area is 171 Å². The molecule has 1 atom stereocenters. The van der Waals surface area contributed by atoms with E-state index in [1.54, 1.807) is 20.8 Å². The van der Waals surface area contributed by atoms with Crippen LogP contribution >= 0.6 is 24.0 Å². The van der Waals surface area contributed by atoms with E-state index >= 15 is 0 Å². The predicted octanol–water partition coefficient (Wildman–Crippen LogP) is 2.09. The quantitative estimate of drug-likeness (QED) is 0.281. The van der Waals surface area contributed by atoms with Gasteiger partial charge in [0.15, 0.2) is 0 Å². The van der Waals surface area contributed by atoms with E-state index in [4.69, 9.17) is 4.74 Å². The fraction of sp³-hybridized carbons (Fsp3) is 0.556. The first-order valence-corrected chi connectivity index (χ1v) is 10.2. The second kappa shape index (κ2) is 11.6. The summed E-state index contributed by atoms with van der Waals surface area (Å²) < 4.78 is 5.20. The highest BCUT2D eigenvalue weighted by Gasteiger charge is 2.20. The lowest BCUT2D eigenvalue weighted by atomic mass is 10.2. The molecule has 1 N–H and O–H groups in total. The first kappa shape index (κ1) is 24.0. The van der Waals surface area contributed by atoms with E-state index in [1.807, 2.05) is 30.3 Å². The Kier molecular flexibility index (Phi) is 11.2. The largest absolute Gasteiger partial charge is 0.595 e. The van der Waals surface area contributed by atoms with Gasteiger partial charge in [-0.3, -0.25) is 9.79 Å². The van der Waals surface area contributed by atoms with Crippen molar-refractivity contribution in [2.45, 2.75) is 45.4 Å². The van der Waals surface area contributed by atoms with Crippen molar-refractivity contribution in [3.05, 3.63) is 35.9 Å². The molecule has 0 heterocycles. The van der Waals surface area contributed by atoms with Gasteiger partial charge < -0.3 is 15.2 Å². The normalized spacial score (nSPS) is 13.1. The summed E-state index contributed by atoms with van der Waals surface area (Å²) in [5.74, 6) is 0.602. The van der Waals surface area contributed by atoms with E-state index in [0.29, 0.717) is 13.0 Å². The molecule has 0 fully saturated rings. The van der Waals surface area contributed by atoms with Gasteiger partial charge in [0.1, 0.15) is 17.9 Å². The Hall–Kier alpha value is -0.960. The minimum atomic E-state index is -0.710. The third kappa shape index (κ3) is 11.3. The molecular weight excluding hydrogens is 451 g/mol. The molecule has 0 spiro atoms. The van der Waals surface area contributed by atoms with Gasteiger partial charge in [-0.2, -0.15) is 0 Å². The minimum Gasteiger partial charge on any atom is -0.595 e. The number of halogens is 1. The Bertz CT molecular complexity index is 545. The van der Waals surface area contributed by atoms with Crippen LogP contribution in [0.2, 0.25) is 0 Å². The summed E-state index contributed by atoms with van der Waals surface area (Å²) in [4.78, 5) is 16.4. The summed E-state index contributed by atoms with van der Waals surface area (Å²) >= 11 is 0. The molecule has 1 amide bonds. The van der Waals surface area contributed by atoms with Gasteiger partial charge >= 0.3 is 0 Å². The number of hydrogen-bond donors (Lipinski definition) is 1. The van der Waals surface area contributed by atoms with Gasteiger partial charge in [-0.1, -0.05) is 51.1 Å². The standard InChI is InChI=1S/C18H28N2O3S.HI/c1-18(2,3)23-17(22)20-15(11-12-24(4)5)16(21)19-13-14-9-7-6-8-10-14;/h6-10,15H,11-13H2,1-5H3,(H-,19,20,21,22);1H. The van der Waals surface area contributed by atoms with Gasteiger partial charge in [-0.05, 0) is 16.5 Å². The number of amides is 1. The van der Waals surface area contributed by atoms with Crippen LogP contribution in [-0.4, -0.2) is 41.9 Å². The molecule has 1 rings (SSSR count). The maximum Gasteiger partial charge on any atom is 0.245 e. The van der Waals surface area contributed by atoms with Gasteiger partial charge in [0.05, 0.1) is 12.5 Å². The number of carbonyl (C=O) groups excluding carboxylic acids is 1. The Morgan fingerprint density at radius 3 is 2.40 bits per heavy atom. The second-order valence-corrected chi connectivity index (χ2v) is 9.19. The van der Waals surface area contributed by atoms with Crippen molar-refractivity contribution in [2.24, 2.45) is 4.99 Å². The number of carbonyl (C=O) groups is 1. The lowest BCUT2D eigenvalue weighted by Crippen LogP contribution is -2.38. The molecule has 1 aromatic rings. The van der Waals surface area contributed by atoms with E-state index in [2.05, 4.69) is 22.8 Å². The first-order valence-electron chi connectivity index (χ1n) is 7.97. The molecule has 0 saturated carbocycles. The second-order valence-electron chi connectivity index (χ2n) is 6.81. The molecule has 0 aliphatic carbocycles. The maximum absolute atomic E-state index is 12.4. The Morgan fingerprint density at radius 2 is 1.88 bits per heavy atom. The molecule has 0 aromatic heterocycles. The zero-order valence-electron chi connectivity index (χ0n) is 15.6. The Morgan fingerprint density at radius 1 is 1.28 bits per heavy atom. The van der Waals surface area contributed by atoms with Crippen molar-refractivity contribution < 1.29 is 14.6 Å². The first-order chi connectivity index (χ1) is 11.2. The molecule has 25 heavy (non-hydrogen) atoms. The van der Waals surface area contributed by atoms with Crippen LogP contribution in [0.4, 0.5) is 0 Å². The molecule has 0 aliphatic heterocycles. The summed E-state index contributed by atoms with van der Waals surface area (Å²) in [6, 6.07) is 8.94. The van der Waals surface area contributed by atoms with Crippen molar-refractivity contribution in [1.82, 2.24) is 5.32 Å². The smallest absolute Gasteiger partial charge is 0.245 e. The number of aliphatic imine (C=N–C) groups is 1. The predicted molar refractivity (Wildman–Crippen MR) is 114 cm³/mol. The molecule has 0 saturated heterocycles. The van der Waals surface area contributed by atoms with E-state index in [1.165, 1.54) is 0 Å². The van der Waals surface area contributed by atoms with Crippen LogP contribution in [0.3, 0.4) is 0 Å². The van der Waals surface area contributed by atoms with Crippen LogP contribution in [-0.2, 0) is 27.0 Å². The van der Waals surface area contributed by atoms with Crippen LogP contribution in [0.25, 0.3) is 0 Å². The summed E-state index contributed by atoms with van der Waals surface area (Å²) in [5, 5.41) is 14.8. The van der Waals surface area contributed by atoms with Crippen molar-refractivity contribution >= 4 is 46.9 Å². The molecule has 142 valence electrons. The van der Waals surface area contributed by atoms with E-state index in [9.17, 15) is 9.90 Å². The summed E-state index contributed by atoms with van der Waals surface area (Å²) in [7, 11) is 0.181. The highest BCUT2D eigenvalue weighted by Crippen LogP contribution is 2.09. The number of benzene rings is 1. The molecule has 5 nitrogen and oxygen atoms in total. The monoisotopic (exact) mass is 480 g/mol. The van der Waals surface area contributed by atoms with Crippen molar-refractivity contribution in [1.29, 1.82) is 0 Å². The van der Waals surface area contributed by atoms with Gasteiger partial charge in [0.25, 0.3) is 0 Å². The molecule has 0 bridgehead atoms.